The number of carbonyl (C=O) groups is 3. The second kappa shape index (κ2) is 23.7. The molecule has 6 aromatic heterocycles. The molecule has 3 N–H and O–H groups in total. The maximum absolute atomic E-state index is 14.9. The zero-order valence-corrected chi connectivity index (χ0v) is 42.5. The van der Waals surface area contributed by atoms with Gasteiger partial charge in [0.15, 0.2) is 23.1 Å². The number of Topliss-reactive ketones (excluding diaryl/α,β-unsaturated/α-hetero) is 2. The Bertz CT molecular complexity index is 3230. The van der Waals surface area contributed by atoms with Crippen molar-refractivity contribution in [3.63, 3.8) is 0 Å². The van der Waals surface area contributed by atoms with Gasteiger partial charge in [0.1, 0.15) is 23.1 Å². The Morgan fingerprint density at radius 1 is 0.630 bits per heavy atom. The molecule has 10 rings (SSSR count). The Balaban J connectivity index is 0.000000180. The van der Waals surface area contributed by atoms with Crippen LogP contribution in [0.5, 0.6) is 23.0 Å². The van der Waals surface area contributed by atoms with Gasteiger partial charge in [-0.15, -0.1) is 22.7 Å². The summed E-state index contributed by atoms with van der Waals surface area (Å²) < 4.78 is 43.2. The first-order valence-corrected chi connectivity index (χ1v) is 26.5. The van der Waals surface area contributed by atoms with Crippen molar-refractivity contribution in [2.45, 2.75) is 91.1 Å². The second-order valence-corrected chi connectivity index (χ2v) is 20.9. The molecule has 0 aliphatic heterocycles. The summed E-state index contributed by atoms with van der Waals surface area (Å²) in [4.78, 5) is 57.4. The van der Waals surface area contributed by atoms with Gasteiger partial charge in [0.25, 0.3) is 0 Å². The lowest BCUT2D eigenvalue weighted by atomic mass is 10.0. The van der Waals surface area contributed by atoms with Gasteiger partial charge >= 0.3 is 6.03 Å². The zero-order chi connectivity index (χ0) is 50.8. The molecule has 2 aliphatic carbocycles. The number of urea groups is 1. The van der Waals surface area contributed by atoms with E-state index in [-0.39, 0.29) is 35.9 Å². The number of aromatic nitrogens is 4. The minimum Gasteiger partial charge on any atom is -0.453 e. The SMILES string of the molecule is CCCN(Cc1ccc(-c2cc3nccc(Oc4ccc(CC(=O)CC5CC5)cc4F)c3s2)nc1)C(N)=O.CCCNCc1ccc(-c2cc3nccc(Oc4ccc(CC(=O)CC5CC5)cc4F)c3s2)nc1. The smallest absolute Gasteiger partial charge is 0.315 e. The topological polar surface area (TPSA) is 163 Å². The fraction of sp³-hybridized carbons (Fsp3) is 0.316. The summed E-state index contributed by atoms with van der Waals surface area (Å²) in [7, 11) is 0. The molecule has 0 spiro atoms. The van der Waals surface area contributed by atoms with Crippen LogP contribution in [0.15, 0.2) is 110 Å². The van der Waals surface area contributed by atoms with E-state index in [9.17, 15) is 23.2 Å². The molecule has 2 amide bonds. The molecule has 73 heavy (non-hydrogen) atoms. The van der Waals surface area contributed by atoms with E-state index in [0.717, 1.165) is 104 Å². The molecule has 2 aliphatic rings. The number of nitrogens with zero attached hydrogens (tertiary/aromatic N) is 5. The number of hydrogen-bond acceptors (Lipinski definition) is 12. The van der Waals surface area contributed by atoms with Crippen LogP contribution in [-0.2, 0) is 35.5 Å². The average molecular weight is 1020 g/mol. The lowest BCUT2D eigenvalue weighted by molar-refractivity contribution is -0.119. The highest BCUT2D eigenvalue weighted by atomic mass is 32.1. The van der Waals surface area contributed by atoms with Crippen molar-refractivity contribution in [3.8, 4) is 44.1 Å². The molecule has 2 aromatic carbocycles. The van der Waals surface area contributed by atoms with Gasteiger partial charge in [-0.05, 0) is 128 Å². The quantitative estimate of drug-likeness (QED) is 0.0625. The standard InChI is InChI=1S/C29H29FN4O3S.C28H28FN3O2S/c1-2-11-34(29(31)36)17-20-5-7-23(33-16-20)27-15-24-28(38-27)26(9-10-32-24)37-25-8-6-19(14-22(25)30)13-21(35)12-18-3-4-18;1-2-10-30-16-20-5-7-23(32-17-20)27-15-24-28(35-27)26(9-11-31-24)34-25-8-6-19(14-22(25)29)13-21(33)12-18-3-4-18/h5-10,14-16,18H,2-4,11-13,17H2,1H3,(H2,31,36);5-9,11,14-15,17-18,30H,2-4,10,12-13,16H2,1H3. The molecule has 0 bridgehead atoms. The number of ether oxygens (including phenoxy) is 2. The van der Waals surface area contributed by atoms with Crippen LogP contribution < -0.4 is 20.5 Å². The maximum Gasteiger partial charge on any atom is 0.315 e. The third-order valence-electron chi connectivity index (χ3n) is 12.5. The summed E-state index contributed by atoms with van der Waals surface area (Å²) in [6.07, 6.45) is 15.0. The fourth-order valence-corrected chi connectivity index (χ4v) is 10.4. The molecule has 16 heteroatoms. The third-order valence-corrected chi connectivity index (χ3v) is 14.8. The lowest BCUT2D eigenvalue weighted by Gasteiger charge is -2.19. The van der Waals surface area contributed by atoms with Crippen LogP contribution in [0.1, 0.15) is 87.5 Å². The van der Waals surface area contributed by atoms with Crippen molar-refractivity contribution in [2.75, 3.05) is 13.1 Å². The van der Waals surface area contributed by atoms with Crippen LogP contribution in [0.3, 0.4) is 0 Å². The number of thiophene rings is 2. The largest absolute Gasteiger partial charge is 0.453 e. The first-order chi connectivity index (χ1) is 35.5. The van der Waals surface area contributed by atoms with Crippen molar-refractivity contribution >= 4 is 60.7 Å². The molecule has 2 saturated carbocycles. The van der Waals surface area contributed by atoms with E-state index in [1.54, 1.807) is 59.9 Å². The second-order valence-electron chi connectivity index (χ2n) is 18.8. The Morgan fingerprint density at radius 3 is 1.55 bits per heavy atom. The van der Waals surface area contributed by atoms with E-state index in [1.807, 2.05) is 43.5 Å². The molecule has 0 radical (unpaired) electrons. The van der Waals surface area contributed by atoms with Gasteiger partial charge in [0.2, 0.25) is 0 Å². The molecular weight excluding hydrogens is 965 g/mol. The fourth-order valence-electron chi connectivity index (χ4n) is 8.35. The number of rotatable bonds is 22. The lowest BCUT2D eigenvalue weighted by Crippen LogP contribution is -2.35. The summed E-state index contributed by atoms with van der Waals surface area (Å²) >= 11 is 2.98. The molecule has 8 aromatic rings. The van der Waals surface area contributed by atoms with E-state index in [4.69, 9.17) is 15.2 Å². The number of halogens is 2. The Morgan fingerprint density at radius 2 is 1.12 bits per heavy atom. The van der Waals surface area contributed by atoms with E-state index >= 15 is 0 Å². The highest BCUT2D eigenvalue weighted by molar-refractivity contribution is 7.22. The number of nitrogens with two attached hydrogens (primary N) is 1. The molecule has 376 valence electrons. The predicted octanol–water partition coefficient (Wildman–Crippen LogP) is 13.2. The van der Waals surface area contributed by atoms with Crippen molar-refractivity contribution in [3.05, 3.63) is 144 Å². The van der Waals surface area contributed by atoms with Gasteiger partial charge in [0.05, 0.1) is 41.6 Å². The minimum atomic E-state index is -0.506. The van der Waals surface area contributed by atoms with Crippen molar-refractivity contribution < 1.29 is 32.6 Å². The van der Waals surface area contributed by atoms with Crippen LogP contribution in [-0.4, -0.2) is 55.5 Å². The molecular formula is C57H57F2N7O5S2. The Kier molecular flexibility index (Phi) is 16.5. The van der Waals surface area contributed by atoms with Crippen LogP contribution in [0.4, 0.5) is 13.6 Å². The normalized spacial score (nSPS) is 13.2. The monoisotopic (exact) mass is 1020 g/mol. The molecule has 6 heterocycles. The van der Waals surface area contributed by atoms with Gasteiger partial charge in [-0.1, -0.05) is 38.1 Å². The molecule has 0 unspecified atom stereocenters. The number of benzene rings is 2. The number of ketones is 2. The van der Waals surface area contributed by atoms with E-state index in [0.29, 0.717) is 60.4 Å². The summed E-state index contributed by atoms with van der Waals surface area (Å²) in [6.45, 7) is 6.91. The van der Waals surface area contributed by atoms with Crippen LogP contribution in [0, 0.1) is 23.5 Å². The average Bonchev–Trinajstić information content (AvgIpc) is 4.29. The predicted molar refractivity (Wildman–Crippen MR) is 283 cm³/mol. The first-order valence-electron chi connectivity index (χ1n) is 24.9. The highest BCUT2D eigenvalue weighted by Gasteiger charge is 2.26. The van der Waals surface area contributed by atoms with E-state index in [1.165, 1.54) is 34.8 Å². The number of pyridine rings is 4. The van der Waals surface area contributed by atoms with Gasteiger partial charge < -0.3 is 25.4 Å². The Labute approximate surface area is 431 Å². The number of primary amides is 1. The summed E-state index contributed by atoms with van der Waals surface area (Å²) in [6, 6.07) is 24.3. The number of nitrogens with one attached hydrogen (secondary N) is 1. The van der Waals surface area contributed by atoms with Crippen molar-refractivity contribution in [1.82, 2.24) is 30.2 Å². The van der Waals surface area contributed by atoms with E-state index < -0.39 is 17.7 Å². The number of amides is 2. The molecule has 0 saturated heterocycles. The molecule has 0 atom stereocenters. The first kappa shape index (κ1) is 50.9. The van der Waals surface area contributed by atoms with Crippen LogP contribution in [0.25, 0.3) is 41.6 Å². The number of fused-ring (bicyclic) bond motifs is 2. The van der Waals surface area contributed by atoms with Gasteiger partial charge in [0, 0.05) is 82.2 Å². The molecule has 12 nitrogen and oxygen atoms in total. The number of carbonyl (C=O) groups excluding carboxylic acids is 3. The van der Waals surface area contributed by atoms with Gasteiger partial charge in [-0.25, -0.2) is 13.6 Å². The maximum atomic E-state index is 14.9. The van der Waals surface area contributed by atoms with Crippen LogP contribution in [0.2, 0.25) is 0 Å². The highest BCUT2D eigenvalue weighted by Crippen LogP contribution is 2.41. The Hall–Kier alpha value is -7.01. The van der Waals surface area contributed by atoms with Crippen LogP contribution >= 0.6 is 22.7 Å². The summed E-state index contributed by atoms with van der Waals surface area (Å²) in [5.74, 6) is 1.66. The minimum absolute atomic E-state index is 0.0967. The zero-order valence-electron chi connectivity index (χ0n) is 40.9. The van der Waals surface area contributed by atoms with Gasteiger partial charge in [-0.2, -0.15) is 0 Å². The summed E-state index contributed by atoms with van der Waals surface area (Å²) in [5, 5.41) is 3.38. The van der Waals surface area contributed by atoms with Crippen molar-refractivity contribution in [1.29, 1.82) is 0 Å². The van der Waals surface area contributed by atoms with Crippen molar-refractivity contribution in [2.24, 2.45) is 17.6 Å². The van der Waals surface area contributed by atoms with E-state index in [2.05, 4.69) is 38.2 Å². The molecule has 2 fully saturated rings. The third kappa shape index (κ3) is 13.7. The van der Waals surface area contributed by atoms with Gasteiger partial charge in [-0.3, -0.25) is 29.5 Å². The number of hydrogen-bond donors (Lipinski definition) is 2. The summed E-state index contributed by atoms with van der Waals surface area (Å²) in [5.41, 5.74) is 12.0.